The van der Waals surface area contributed by atoms with E-state index in [0.29, 0.717) is 12.1 Å². The summed E-state index contributed by atoms with van der Waals surface area (Å²) in [5.74, 6) is 0. The third kappa shape index (κ3) is 2.04. The summed E-state index contributed by atoms with van der Waals surface area (Å²) >= 11 is 0. The standard InChI is InChI=1S/C21H23N2.HI/c1-14-13-18-17-9-5-6-10-19(17)22-20(18)21-16-8-4-3-7-15(16)11-12-23(14,21)2;/h3-10,14,21-22H,11-13H2,1-2H3;1H/q+1;/p-1/t14-,21?,23?;/m0./s1. The summed E-state index contributed by atoms with van der Waals surface area (Å²) in [7, 11) is 2.46. The van der Waals surface area contributed by atoms with Gasteiger partial charge in [-0.3, -0.25) is 0 Å². The van der Waals surface area contributed by atoms with Crippen molar-refractivity contribution in [2.24, 2.45) is 0 Å². The Labute approximate surface area is 160 Å². The van der Waals surface area contributed by atoms with Gasteiger partial charge in [0.05, 0.1) is 25.3 Å². The van der Waals surface area contributed by atoms with Crippen LogP contribution in [0.25, 0.3) is 10.9 Å². The number of halogens is 1. The van der Waals surface area contributed by atoms with E-state index in [4.69, 9.17) is 0 Å². The van der Waals surface area contributed by atoms with Crippen LogP contribution in [0.1, 0.15) is 35.3 Å². The molecule has 1 aromatic heterocycles. The van der Waals surface area contributed by atoms with E-state index in [2.05, 4.69) is 67.5 Å². The lowest BCUT2D eigenvalue weighted by Gasteiger charge is -2.52. The molecular formula is C21H23IN2. The summed E-state index contributed by atoms with van der Waals surface area (Å²) < 4.78 is 1.14. The highest BCUT2D eigenvalue weighted by Crippen LogP contribution is 2.47. The Hall–Kier alpha value is -1.33. The number of quaternary nitrogens is 1. The number of H-pyrrole nitrogens is 1. The fourth-order valence-electron chi connectivity index (χ4n) is 4.94. The molecule has 0 saturated carbocycles. The minimum atomic E-state index is 0. The van der Waals surface area contributed by atoms with Crippen molar-refractivity contribution in [1.82, 2.24) is 4.98 Å². The molecule has 0 fully saturated rings. The van der Waals surface area contributed by atoms with Crippen molar-refractivity contribution < 1.29 is 28.5 Å². The van der Waals surface area contributed by atoms with Crippen LogP contribution in [0.2, 0.25) is 0 Å². The number of likely N-dealkylation sites (N-methyl/N-ethyl adjacent to an activating group) is 1. The third-order valence-electron chi connectivity index (χ3n) is 6.43. The second-order valence-electron chi connectivity index (χ2n) is 7.54. The van der Waals surface area contributed by atoms with Gasteiger partial charge in [0.2, 0.25) is 0 Å². The molecule has 0 saturated heterocycles. The Bertz CT molecular complexity index is 913. The van der Waals surface area contributed by atoms with E-state index in [-0.39, 0.29) is 24.0 Å². The van der Waals surface area contributed by atoms with Gasteiger partial charge in [0, 0.05) is 29.3 Å². The van der Waals surface area contributed by atoms with Crippen LogP contribution in [0, 0.1) is 0 Å². The molecule has 0 bridgehead atoms. The normalized spacial score (nSPS) is 27.8. The van der Waals surface area contributed by atoms with Crippen molar-refractivity contribution in [3.05, 3.63) is 70.9 Å². The zero-order valence-electron chi connectivity index (χ0n) is 14.2. The summed E-state index contributed by atoms with van der Waals surface area (Å²) in [6.45, 7) is 3.67. The minimum Gasteiger partial charge on any atom is -1.00 e. The number of rotatable bonds is 0. The number of benzene rings is 2. The van der Waals surface area contributed by atoms with Gasteiger partial charge in [0.1, 0.15) is 0 Å². The molecule has 3 aromatic rings. The van der Waals surface area contributed by atoms with Gasteiger partial charge in [-0.05, 0) is 24.1 Å². The van der Waals surface area contributed by atoms with Crippen LogP contribution in [-0.4, -0.2) is 29.1 Å². The molecule has 2 nitrogen and oxygen atoms in total. The maximum Gasteiger partial charge on any atom is 0.156 e. The smallest absolute Gasteiger partial charge is 0.156 e. The van der Waals surface area contributed by atoms with Crippen molar-refractivity contribution in [2.75, 3.05) is 13.6 Å². The quantitative estimate of drug-likeness (QED) is 0.408. The molecule has 3 heteroatoms. The molecule has 2 aliphatic rings. The van der Waals surface area contributed by atoms with E-state index in [0.717, 1.165) is 4.48 Å². The number of fused-ring (bicyclic) bond motifs is 7. The number of aromatic nitrogens is 1. The van der Waals surface area contributed by atoms with Gasteiger partial charge in [-0.25, -0.2) is 0 Å². The van der Waals surface area contributed by atoms with Crippen LogP contribution in [0.5, 0.6) is 0 Å². The van der Waals surface area contributed by atoms with E-state index in [9.17, 15) is 0 Å². The zero-order valence-corrected chi connectivity index (χ0v) is 16.4. The first-order valence-electron chi connectivity index (χ1n) is 8.70. The fraction of sp³-hybridized carbons (Fsp3) is 0.333. The maximum atomic E-state index is 3.79. The van der Waals surface area contributed by atoms with E-state index in [1.807, 2.05) is 0 Å². The SMILES string of the molecule is C[C@H]1Cc2c([nH]c3ccccc23)C2c3ccccc3CC[N+]21C.[I-]. The molecule has 0 radical (unpaired) electrons. The topological polar surface area (TPSA) is 15.8 Å². The third-order valence-corrected chi connectivity index (χ3v) is 6.43. The molecular weight excluding hydrogens is 407 g/mol. The van der Waals surface area contributed by atoms with Crippen LogP contribution >= 0.6 is 0 Å². The number of aromatic amines is 1. The molecule has 24 heavy (non-hydrogen) atoms. The van der Waals surface area contributed by atoms with Crippen LogP contribution in [0.3, 0.4) is 0 Å². The number of para-hydroxylation sites is 1. The molecule has 0 amide bonds. The van der Waals surface area contributed by atoms with Gasteiger partial charge in [0.25, 0.3) is 0 Å². The highest BCUT2D eigenvalue weighted by molar-refractivity contribution is 5.85. The predicted molar refractivity (Wildman–Crippen MR) is 94.5 cm³/mol. The molecule has 3 heterocycles. The molecule has 2 unspecified atom stereocenters. The Morgan fingerprint density at radius 1 is 1.04 bits per heavy atom. The first-order chi connectivity index (χ1) is 11.2. The summed E-state index contributed by atoms with van der Waals surface area (Å²) in [5.41, 5.74) is 7.36. The lowest BCUT2D eigenvalue weighted by molar-refractivity contribution is -0.959. The molecule has 5 rings (SSSR count). The van der Waals surface area contributed by atoms with E-state index < -0.39 is 0 Å². The summed E-state index contributed by atoms with van der Waals surface area (Å²) in [6.07, 6.45) is 2.37. The average molecular weight is 430 g/mol. The first kappa shape index (κ1) is 16.2. The van der Waals surface area contributed by atoms with Crippen molar-refractivity contribution in [1.29, 1.82) is 0 Å². The van der Waals surface area contributed by atoms with E-state index in [1.54, 1.807) is 5.56 Å². The number of nitrogens with one attached hydrogen (secondary N) is 1. The molecule has 124 valence electrons. The van der Waals surface area contributed by atoms with E-state index in [1.165, 1.54) is 47.1 Å². The molecule has 0 aliphatic carbocycles. The van der Waals surface area contributed by atoms with Crippen LogP contribution in [-0.2, 0) is 12.8 Å². The van der Waals surface area contributed by atoms with E-state index >= 15 is 0 Å². The van der Waals surface area contributed by atoms with Crippen LogP contribution in [0.15, 0.2) is 48.5 Å². The number of hydrogen-bond donors (Lipinski definition) is 1. The molecule has 1 N–H and O–H groups in total. The number of hydrogen-bond acceptors (Lipinski definition) is 0. The zero-order chi connectivity index (χ0) is 15.6. The van der Waals surface area contributed by atoms with Gasteiger partial charge in [0.15, 0.2) is 6.04 Å². The largest absolute Gasteiger partial charge is 1.00 e. The molecule has 2 aromatic carbocycles. The first-order valence-corrected chi connectivity index (χ1v) is 8.70. The van der Waals surface area contributed by atoms with Gasteiger partial charge >= 0.3 is 0 Å². The van der Waals surface area contributed by atoms with Gasteiger partial charge in [-0.1, -0.05) is 42.5 Å². The monoisotopic (exact) mass is 430 g/mol. The highest BCUT2D eigenvalue weighted by atomic mass is 127. The molecule has 3 atom stereocenters. The second kappa shape index (κ2) is 5.60. The van der Waals surface area contributed by atoms with Gasteiger partial charge < -0.3 is 33.4 Å². The molecule has 0 spiro atoms. The number of nitrogens with zero attached hydrogens (tertiary/aromatic N) is 1. The minimum absolute atomic E-state index is 0. The Balaban J connectivity index is 0.00000146. The lowest BCUT2D eigenvalue weighted by Crippen LogP contribution is -3.00. The van der Waals surface area contributed by atoms with Crippen molar-refractivity contribution in [3.8, 4) is 0 Å². The Morgan fingerprint density at radius 3 is 2.67 bits per heavy atom. The van der Waals surface area contributed by atoms with Crippen molar-refractivity contribution >= 4 is 10.9 Å². The average Bonchev–Trinajstić information content (AvgIpc) is 2.93. The van der Waals surface area contributed by atoms with Crippen molar-refractivity contribution in [2.45, 2.75) is 31.8 Å². The highest BCUT2D eigenvalue weighted by Gasteiger charge is 2.48. The van der Waals surface area contributed by atoms with Gasteiger partial charge in [-0.2, -0.15) is 0 Å². The predicted octanol–water partition coefficient (Wildman–Crippen LogP) is 1.21. The Morgan fingerprint density at radius 2 is 1.79 bits per heavy atom. The molecule has 2 aliphatic heterocycles. The van der Waals surface area contributed by atoms with Crippen molar-refractivity contribution in [3.63, 3.8) is 0 Å². The maximum absolute atomic E-state index is 3.79. The van der Waals surface area contributed by atoms with Crippen LogP contribution in [0.4, 0.5) is 0 Å². The van der Waals surface area contributed by atoms with Gasteiger partial charge in [-0.15, -0.1) is 0 Å². The second-order valence-corrected chi connectivity index (χ2v) is 7.54. The summed E-state index contributed by atoms with van der Waals surface area (Å²) in [5, 5.41) is 1.42. The van der Waals surface area contributed by atoms with Crippen LogP contribution < -0.4 is 24.0 Å². The lowest BCUT2D eigenvalue weighted by atomic mass is 9.81. The fourth-order valence-corrected chi connectivity index (χ4v) is 4.94. The Kier molecular flexibility index (Phi) is 3.77. The summed E-state index contributed by atoms with van der Waals surface area (Å²) in [4.78, 5) is 3.79. The summed E-state index contributed by atoms with van der Waals surface area (Å²) in [6, 6.07) is 19.0.